The minimum atomic E-state index is 0.495. The molecule has 0 aromatic heterocycles. The van der Waals surface area contributed by atoms with Gasteiger partial charge in [0.1, 0.15) is 0 Å². The molecule has 1 aliphatic heterocycles. The van der Waals surface area contributed by atoms with Crippen molar-refractivity contribution in [2.75, 3.05) is 6.61 Å². The predicted octanol–water partition coefficient (Wildman–Crippen LogP) is 1.12. The van der Waals surface area contributed by atoms with Crippen LogP contribution in [0.3, 0.4) is 0 Å². The van der Waals surface area contributed by atoms with Crippen LogP contribution in [0.2, 0.25) is 0 Å². The molecule has 0 aliphatic carbocycles. The molecule has 1 unspecified atom stereocenters. The molecular weight excluding hydrogens is 88.1 g/mol. The Morgan fingerprint density at radius 3 is 3.14 bits per heavy atom. The first-order valence-electron chi connectivity index (χ1n) is 2.39. The highest BCUT2D eigenvalue weighted by Crippen LogP contribution is 2.12. The Kier molecular flexibility index (Phi) is 1.30. The van der Waals surface area contributed by atoms with Crippen molar-refractivity contribution in [1.29, 1.82) is 0 Å². The van der Waals surface area contributed by atoms with Crippen LogP contribution in [0.1, 0.15) is 6.42 Å². The van der Waals surface area contributed by atoms with Gasteiger partial charge < -0.3 is 4.74 Å². The highest BCUT2D eigenvalue weighted by Gasteiger charge is 2.19. The van der Waals surface area contributed by atoms with Gasteiger partial charge in [-0.15, -0.1) is 5.73 Å². The number of hydrogen-bond acceptors (Lipinski definition) is 1. The molecule has 1 nitrogen and oxygen atoms in total. The zero-order chi connectivity index (χ0) is 5.11. The zero-order valence-corrected chi connectivity index (χ0v) is 4.18. The first kappa shape index (κ1) is 4.63. The van der Waals surface area contributed by atoms with Crippen LogP contribution in [-0.2, 0) is 4.74 Å². The molecule has 0 N–H and O–H groups in total. The van der Waals surface area contributed by atoms with Gasteiger partial charge in [-0.05, 0) is 6.08 Å². The van der Waals surface area contributed by atoms with Crippen LogP contribution in [0, 0.1) is 0 Å². The smallest absolute Gasteiger partial charge is 0.0850 e. The third-order valence-electron chi connectivity index (χ3n) is 0.927. The summed E-state index contributed by atoms with van der Waals surface area (Å²) in [4.78, 5) is 0. The quantitative estimate of drug-likeness (QED) is 0.370. The van der Waals surface area contributed by atoms with Gasteiger partial charge in [0, 0.05) is 6.42 Å². The van der Waals surface area contributed by atoms with Crippen molar-refractivity contribution in [1.82, 2.24) is 0 Å². The van der Waals surface area contributed by atoms with Crippen molar-refractivity contribution in [2.45, 2.75) is 12.5 Å². The van der Waals surface area contributed by atoms with E-state index in [1.54, 1.807) is 0 Å². The largest absolute Gasteiger partial charge is 0.373 e. The maximum atomic E-state index is 4.91. The lowest BCUT2D eigenvalue weighted by atomic mass is 10.3. The van der Waals surface area contributed by atoms with E-state index in [2.05, 4.69) is 12.3 Å². The third kappa shape index (κ3) is 1.58. The molecule has 1 fully saturated rings. The van der Waals surface area contributed by atoms with Crippen molar-refractivity contribution >= 4 is 0 Å². The van der Waals surface area contributed by atoms with Crippen molar-refractivity contribution in [2.24, 2.45) is 0 Å². The third-order valence-corrected chi connectivity index (χ3v) is 0.927. The summed E-state index contributed by atoms with van der Waals surface area (Å²) < 4.78 is 4.91. The normalized spacial score (nSPS) is 26.0. The molecule has 0 spiro atoms. The summed E-state index contributed by atoms with van der Waals surface area (Å²) in [5, 5.41) is 0. The lowest BCUT2D eigenvalue weighted by Crippen LogP contribution is -1.75. The van der Waals surface area contributed by atoms with E-state index in [0.29, 0.717) is 6.10 Å². The predicted molar refractivity (Wildman–Crippen MR) is 28.1 cm³/mol. The van der Waals surface area contributed by atoms with Gasteiger partial charge >= 0.3 is 0 Å². The summed E-state index contributed by atoms with van der Waals surface area (Å²) in [5.41, 5.74) is 2.68. The fourth-order valence-electron chi connectivity index (χ4n) is 0.419. The van der Waals surface area contributed by atoms with Crippen molar-refractivity contribution in [3.63, 3.8) is 0 Å². The van der Waals surface area contributed by atoms with E-state index in [-0.39, 0.29) is 0 Å². The molecule has 38 valence electrons. The van der Waals surface area contributed by atoms with E-state index < -0.39 is 0 Å². The van der Waals surface area contributed by atoms with E-state index in [1.807, 2.05) is 6.08 Å². The summed E-state index contributed by atoms with van der Waals surface area (Å²) in [6.07, 6.45) is 3.38. The number of ether oxygens (including phenoxy) is 1. The number of hydrogen-bond donors (Lipinski definition) is 0. The van der Waals surface area contributed by atoms with E-state index in [9.17, 15) is 0 Å². The molecule has 0 radical (unpaired) electrons. The van der Waals surface area contributed by atoms with Crippen LogP contribution in [0.4, 0.5) is 0 Å². The average Bonchev–Trinajstić information content (AvgIpc) is 2.42. The summed E-state index contributed by atoms with van der Waals surface area (Å²) in [6.45, 7) is 4.35. The van der Waals surface area contributed by atoms with Crippen LogP contribution in [0.5, 0.6) is 0 Å². The zero-order valence-electron chi connectivity index (χ0n) is 4.18. The van der Waals surface area contributed by atoms with Crippen LogP contribution in [0.15, 0.2) is 18.4 Å². The Bertz CT molecular complexity index is 96.7. The molecule has 7 heavy (non-hydrogen) atoms. The van der Waals surface area contributed by atoms with E-state index in [4.69, 9.17) is 4.74 Å². The molecule has 0 bridgehead atoms. The minimum Gasteiger partial charge on any atom is -0.373 e. The van der Waals surface area contributed by atoms with Gasteiger partial charge in [-0.2, -0.15) is 0 Å². The fourth-order valence-corrected chi connectivity index (χ4v) is 0.419. The summed E-state index contributed by atoms with van der Waals surface area (Å²) in [6, 6.07) is 0. The molecule has 1 atom stereocenters. The van der Waals surface area contributed by atoms with E-state index >= 15 is 0 Å². The fraction of sp³-hybridized carbons (Fsp3) is 0.500. The Hall–Kier alpha value is -0.520. The first-order valence-corrected chi connectivity index (χ1v) is 2.39. The van der Waals surface area contributed by atoms with E-state index in [1.165, 1.54) is 0 Å². The highest BCUT2D eigenvalue weighted by molar-refractivity contribution is 4.83. The lowest BCUT2D eigenvalue weighted by Gasteiger charge is -1.74. The SMILES string of the molecule is C=C=CCC1CO1. The molecule has 0 amide bonds. The van der Waals surface area contributed by atoms with Gasteiger partial charge in [0.15, 0.2) is 0 Å². The highest BCUT2D eigenvalue weighted by atomic mass is 16.6. The average molecular weight is 96.1 g/mol. The molecule has 1 aliphatic rings. The maximum absolute atomic E-state index is 4.91. The number of rotatable bonds is 2. The molecule has 1 saturated heterocycles. The Morgan fingerprint density at radius 2 is 2.71 bits per heavy atom. The van der Waals surface area contributed by atoms with Crippen molar-refractivity contribution in [3.8, 4) is 0 Å². The Balaban J connectivity index is 2.09. The molecule has 0 aromatic rings. The summed E-state index contributed by atoms with van der Waals surface area (Å²) in [5.74, 6) is 0. The second-order valence-corrected chi connectivity index (χ2v) is 1.60. The Morgan fingerprint density at radius 1 is 2.00 bits per heavy atom. The van der Waals surface area contributed by atoms with Crippen molar-refractivity contribution in [3.05, 3.63) is 18.4 Å². The molecule has 0 aromatic carbocycles. The molecule has 1 rings (SSSR count). The Labute approximate surface area is 43.3 Å². The topological polar surface area (TPSA) is 12.5 Å². The van der Waals surface area contributed by atoms with Crippen LogP contribution in [-0.4, -0.2) is 12.7 Å². The number of epoxide rings is 1. The monoisotopic (exact) mass is 96.1 g/mol. The second kappa shape index (κ2) is 1.97. The first-order chi connectivity index (χ1) is 3.43. The minimum absolute atomic E-state index is 0.495. The molecule has 0 saturated carbocycles. The van der Waals surface area contributed by atoms with E-state index in [0.717, 1.165) is 13.0 Å². The maximum Gasteiger partial charge on any atom is 0.0850 e. The lowest BCUT2D eigenvalue weighted by molar-refractivity contribution is 0.410. The van der Waals surface area contributed by atoms with Gasteiger partial charge in [0.05, 0.1) is 12.7 Å². The van der Waals surface area contributed by atoms with Gasteiger partial charge in [0.2, 0.25) is 0 Å². The summed E-state index contributed by atoms with van der Waals surface area (Å²) in [7, 11) is 0. The van der Waals surface area contributed by atoms with Crippen LogP contribution in [0.25, 0.3) is 0 Å². The van der Waals surface area contributed by atoms with Crippen LogP contribution < -0.4 is 0 Å². The molecule has 1 heterocycles. The van der Waals surface area contributed by atoms with Gasteiger partial charge in [-0.25, -0.2) is 0 Å². The summed E-state index contributed by atoms with van der Waals surface area (Å²) >= 11 is 0. The van der Waals surface area contributed by atoms with Crippen molar-refractivity contribution < 1.29 is 4.74 Å². The molecule has 1 heteroatoms. The molecular formula is C6H8O. The van der Waals surface area contributed by atoms with Gasteiger partial charge in [0.25, 0.3) is 0 Å². The van der Waals surface area contributed by atoms with Gasteiger partial charge in [-0.1, -0.05) is 6.58 Å². The standard InChI is InChI=1S/C6H8O/c1-2-3-4-6-5-7-6/h3,6H,1,4-5H2. The van der Waals surface area contributed by atoms with Crippen LogP contribution >= 0.6 is 0 Å². The second-order valence-electron chi connectivity index (χ2n) is 1.60. The van der Waals surface area contributed by atoms with Gasteiger partial charge in [-0.3, -0.25) is 0 Å².